The number of amides is 2. The molecule has 2 aromatic rings. The molecule has 0 saturated carbocycles. The van der Waals surface area contributed by atoms with Crippen molar-refractivity contribution >= 4 is 34.1 Å². The predicted molar refractivity (Wildman–Crippen MR) is 109 cm³/mol. The highest BCUT2D eigenvalue weighted by Crippen LogP contribution is 2.27. The molecule has 3 rings (SSSR count). The second kappa shape index (κ2) is 9.71. The first-order chi connectivity index (χ1) is 14.0. The average Bonchev–Trinajstić information content (AvgIpc) is 3.41. The van der Waals surface area contributed by atoms with Gasteiger partial charge < -0.3 is 19.8 Å². The first kappa shape index (κ1) is 21.1. The van der Waals surface area contributed by atoms with Crippen LogP contribution in [0.15, 0.2) is 28.9 Å². The zero-order valence-electron chi connectivity index (χ0n) is 16.5. The number of carbonyl (C=O) groups is 3. The van der Waals surface area contributed by atoms with Crippen molar-refractivity contribution < 1.29 is 23.5 Å². The summed E-state index contributed by atoms with van der Waals surface area (Å²) < 4.78 is 10.2. The minimum absolute atomic E-state index is 0.108. The lowest BCUT2D eigenvalue weighted by Gasteiger charge is -2.22. The zero-order chi connectivity index (χ0) is 20.8. The van der Waals surface area contributed by atoms with E-state index in [0.717, 1.165) is 12.0 Å². The Balaban J connectivity index is 1.53. The van der Waals surface area contributed by atoms with Crippen molar-refractivity contribution in [3.63, 3.8) is 0 Å². The highest BCUT2D eigenvalue weighted by atomic mass is 32.1. The molecule has 1 atom stereocenters. The maximum absolute atomic E-state index is 12.5. The Morgan fingerprint density at radius 3 is 2.93 bits per heavy atom. The lowest BCUT2D eigenvalue weighted by atomic mass is 10.2. The Kier molecular flexibility index (Phi) is 7.05. The molecule has 0 aliphatic carbocycles. The summed E-state index contributed by atoms with van der Waals surface area (Å²) in [5, 5.41) is 6.28. The molecule has 2 N–H and O–H groups in total. The molecule has 2 amide bonds. The fraction of sp³-hybridized carbons (Fsp3) is 0.450. The maximum Gasteiger partial charge on any atom is 0.348 e. The molecule has 0 spiro atoms. The Labute approximate surface area is 173 Å². The van der Waals surface area contributed by atoms with Gasteiger partial charge in [0.2, 0.25) is 11.8 Å². The van der Waals surface area contributed by atoms with E-state index in [4.69, 9.17) is 9.15 Å². The van der Waals surface area contributed by atoms with Gasteiger partial charge in [-0.3, -0.25) is 14.5 Å². The van der Waals surface area contributed by atoms with Crippen LogP contribution in [-0.4, -0.2) is 48.4 Å². The van der Waals surface area contributed by atoms with E-state index >= 15 is 0 Å². The van der Waals surface area contributed by atoms with Crippen molar-refractivity contribution in [3.05, 3.63) is 40.7 Å². The standard InChI is InChI=1S/C20H25N3O5S/c1-3-27-20(26)18-13(2)10-17(29-18)22-16(24)12-23-8-4-7-15(23)19(25)21-11-14-6-5-9-28-14/h5-6,9-10,15H,3-4,7-8,11-12H2,1-2H3,(H,21,25)(H,22,24). The number of hydrogen-bond donors (Lipinski definition) is 2. The summed E-state index contributed by atoms with van der Waals surface area (Å²) in [6.07, 6.45) is 3.13. The fourth-order valence-corrected chi connectivity index (χ4v) is 4.30. The van der Waals surface area contributed by atoms with Gasteiger partial charge in [0.15, 0.2) is 0 Å². The first-order valence-electron chi connectivity index (χ1n) is 9.59. The summed E-state index contributed by atoms with van der Waals surface area (Å²) in [7, 11) is 0. The average molecular weight is 420 g/mol. The van der Waals surface area contributed by atoms with Crippen LogP contribution in [-0.2, 0) is 20.9 Å². The molecular weight excluding hydrogens is 394 g/mol. The van der Waals surface area contributed by atoms with E-state index in [1.807, 2.05) is 4.90 Å². The van der Waals surface area contributed by atoms with Crippen LogP contribution >= 0.6 is 11.3 Å². The molecule has 29 heavy (non-hydrogen) atoms. The monoisotopic (exact) mass is 419 g/mol. The van der Waals surface area contributed by atoms with E-state index < -0.39 is 0 Å². The Morgan fingerprint density at radius 1 is 1.38 bits per heavy atom. The van der Waals surface area contributed by atoms with Gasteiger partial charge in [0.25, 0.3) is 0 Å². The lowest BCUT2D eigenvalue weighted by molar-refractivity contribution is -0.126. The van der Waals surface area contributed by atoms with Crippen molar-refractivity contribution in [2.75, 3.05) is 25.0 Å². The number of nitrogens with zero attached hydrogens (tertiary/aromatic N) is 1. The molecule has 2 aromatic heterocycles. The van der Waals surface area contributed by atoms with Gasteiger partial charge in [-0.05, 0) is 57.0 Å². The molecular formula is C20H25N3O5S. The minimum Gasteiger partial charge on any atom is -0.467 e. The van der Waals surface area contributed by atoms with Gasteiger partial charge in [0, 0.05) is 0 Å². The van der Waals surface area contributed by atoms with Gasteiger partial charge in [-0.25, -0.2) is 4.79 Å². The molecule has 156 valence electrons. The number of aryl methyl sites for hydroxylation is 1. The van der Waals surface area contributed by atoms with Crippen LogP contribution < -0.4 is 10.6 Å². The van der Waals surface area contributed by atoms with E-state index in [1.54, 1.807) is 38.3 Å². The second-order valence-electron chi connectivity index (χ2n) is 6.82. The highest BCUT2D eigenvalue weighted by molar-refractivity contribution is 7.18. The SMILES string of the molecule is CCOC(=O)c1sc(NC(=O)CN2CCCC2C(=O)NCc2ccco2)cc1C. The van der Waals surface area contributed by atoms with E-state index in [0.29, 0.717) is 41.8 Å². The largest absolute Gasteiger partial charge is 0.467 e. The number of ether oxygens (including phenoxy) is 1. The van der Waals surface area contributed by atoms with E-state index in [9.17, 15) is 14.4 Å². The molecule has 1 fully saturated rings. The number of hydrogen-bond acceptors (Lipinski definition) is 7. The normalized spacial score (nSPS) is 16.6. The third-order valence-electron chi connectivity index (χ3n) is 4.67. The molecule has 1 aliphatic rings. The van der Waals surface area contributed by atoms with Gasteiger partial charge in [0.05, 0.1) is 37.0 Å². The Morgan fingerprint density at radius 2 is 2.21 bits per heavy atom. The number of likely N-dealkylation sites (tertiary alicyclic amines) is 1. The molecule has 1 unspecified atom stereocenters. The molecule has 0 radical (unpaired) electrons. The maximum atomic E-state index is 12.5. The van der Waals surface area contributed by atoms with Gasteiger partial charge >= 0.3 is 5.97 Å². The van der Waals surface area contributed by atoms with Gasteiger partial charge in [0.1, 0.15) is 10.6 Å². The molecule has 1 saturated heterocycles. The predicted octanol–water partition coefficient (Wildman–Crippen LogP) is 2.55. The van der Waals surface area contributed by atoms with Crippen molar-refractivity contribution in [1.29, 1.82) is 0 Å². The van der Waals surface area contributed by atoms with Crippen molar-refractivity contribution in [3.8, 4) is 0 Å². The van der Waals surface area contributed by atoms with Crippen LogP contribution in [0.5, 0.6) is 0 Å². The lowest BCUT2D eigenvalue weighted by Crippen LogP contribution is -2.45. The number of anilines is 1. The molecule has 8 nitrogen and oxygen atoms in total. The summed E-state index contributed by atoms with van der Waals surface area (Å²) in [5.74, 6) is -0.0231. The Hall–Kier alpha value is -2.65. The summed E-state index contributed by atoms with van der Waals surface area (Å²) in [5.41, 5.74) is 0.764. The number of rotatable bonds is 8. The second-order valence-corrected chi connectivity index (χ2v) is 7.87. The molecule has 9 heteroatoms. The van der Waals surface area contributed by atoms with Crippen LogP contribution in [0.1, 0.15) is 40.8 Å². The number of nitrogens with one attached hydrogen (secondary N) is 2. The van der Waals surface area contributed by atoms with Crippen molar-refractivity contribution in [2.45, 2.75) is 39.3 Å². The fourth-order valence-electron chi connectivity index (χ4n) is 3.32. The van der Waals surface area contributed by atoms with Crippen molar-refractivity contribution in [1.82, 2.24) is 10.2 Å². The summed E-state index contributed by atoms with van der Waals surface area (Å²) in [4.78, 5) is 39.3. The quantitative estimate of drug-likeness (QED) is 0.638. The summed E-state index contributed by atoms with van der Waals surface area (Å²) in [6.45, 7) is 4.98. The molecule has 3 heterocycles. The van der Waals surface area contributed by atoms with E-state index in [2.05, 4.69) is 10.6 Å². The number of esters is 1. The number of carbonyl (C=O) groups excluding carboxylic acids is 3. The van der Waals surface area contributed by atoms with Gasteiger partial charge in [-0.1, -0.05) is 0 Å². The minimum atomic E-state index is -0.386. The topological polar surface area (TPSA) is 101 Å². The smallest absolute Gasteiger partial charge is 0.348 e. The van der Waals surface area contributed by atoms with Crippen LogP contribution in [0.4, 0.5) is 5.00 Å². The van der Waals surface area contributed by atoms with Gasteiger partial charge in [-0.2, -0.15) is 0 Å². The highest BCUT2D eigenvalue weighted by Gasteiger charge is 2.32. The van der Waals surface area contributed by atoms with E-state index in [1.165, 1.54) is 11.3 Å². The molecule has 0 aromatic carbocycles. The van der Waals surface area contributed by atoms with E-state index in [-0.39, 0.29) is 30.4 Å². The third kappa shape index (κ3) is 5.45. The number of furan rings is 1. The van der Waals surface area contributed by atoms with Gasteiger partial charge in [-0.15, -0.1) is 11.3 Å². The molecule has 1 aliphatic heterocycles. The first-order valence-corrected chi connectivity index (χ1v) is 10.4. The van der Waals surface area contributed by atoms with Crippen LogP contribution in [0, 0.1) is 6.92 Å². The molecule has 0 bridgehead atoms. The van der Waals surface area contributed by atoms with Crippen LogP contribution in [0.25, 0.3) is 0 Å². The van der Waals surface area contributed by atoms with Crippen LogP contribution in [0.3, 0.4) is 0 Å². The Bertz CT molecular complexity index is 862. The zero-order valence-corrected chi connectivity index (χ0v) is 17.3. The van der Waals surface area contributed by atoms with Crippen LogP contribution in [0.2, 0.25) is 0 Å². The van der Waals surface area contributed by atoms with Crippen molar-refractivity contribution in [2.24, 2.45) is 0 Å². The third-order valence-corrected chi connectivity index (χ3v) is 5.80. The summed E-state index contributed by atoms with van der Waals surface area (Å²) >= 11 is 1.19. The summed E-state index contributed by atoms with van der Waals surface area (Å²) in [6, 6.07) is 4.99. The number of thiophene rings is 1.